The molecule has 20 heavy (non-hydrogen) atoms. The summed E-state index contributed by atoms with van der Waals surface area (Å²) in [6.45, 7) is 10.6. The summed E-state index contributed by atoms with van der Waals surface area (Å²) in [6.07, 6.45) is 0.547. The average molecular weight is 294 g/mol. The zero-order valence-electron chi connectivity index (χ0n) is 12.9. The highest BCUT2D eigenvalue weighted by Gasteiger charge is 2.33. The lowest BCUT2D eigenvalue weighted by Gasteiger charge is -2.43. The maximum Gasteiger partial charge on any atom is 0.228 e. The van der Waals surface area contributed by atoms with Gasteiger partial charge in [-0.05, 0) is 23.3 Å². The van der Waals surface area contributed by atoms with Gasteiger partial charge in [-0.25, -0.2) is 0 Å². The van der Waals surface area contributed by atoms with E-state index in [-0.39, 0.29) is 5.91 Å². The van der Waals surface area contributed by atoms with Crippen molar-refractivity contribution in [3.63, 3.8) is 0 Å². The van der Waals surface area contributed by atoms with Gasteiger partial charge < -0.3 is 10.2 Å². The number of hydrogen-bond donors (Lipinski definition) is 1. The van der Waals surface area contributed by atoms with Crippen LogP contribution in [0.4, 0.5) is 0 Å². The van der Waals surface area contributed by atoms with E-state index in [0.717, 1.165) is 18.0 Å². The fourth-order valence-corrected chi connectivity index (χ4v) is 3.48. The van der Waals surface area contributed by atoms with Crippen LogP contribution in [-0.2, 0) is 11.2 Å². The summed E-state index contributed by atoms with van der Waals surface area (Å²) < 4.78 is 0. The Morgan fingerprint density at radius 3 is 2.70 bits per heavy atom. The molecule has 2 unspecified atom stereocenters. The summed E-state index contributed by atoms with van der Waals surface area (Å²) >= 11 is 1.67. The molecular formula is C16H26N2OS. The number of rotatable bonds is 4. The Morgan fingerprint density at radius 2 is 2.15 bits per heavy atom. The largest absolute Gasteiger partial charge is 0.336 e. The number of thiophene rings is 1. The van der Waals surface area contributed by atoms with Gasteiger partial charge in [0.1, 0.15) is 0 Å². The lowest BCUT2D eigenvalue weighted by molar-refractivity contribution is -0.135. The van der Waals surface area contributed by atoms with Gasteiger partial charge in [0, 0.05) is 30.1 Å². The molecule has 0 bridgehead atoms. The van der Waals surface area contributed by atoms with Gasteiger partial charge in [0.15, 0.2) is 0 Å². The van der Waals surface area contributed by atoms with Gasteiger partial charge in [-0.3, -0.25) is 4.79 Å². The average Bonchev–Trinajstić information content (AvgIpc) is 2.90. The Morgan fingerprint density at radius 1 is 1.40 bits per heavy atom. The van der Waals surface area contributed by atoms with Gasteiger partial charge >= 0.3 is 0 Å². The third kappa shape index (κ3) is 3.61. The van der Waals surface area contributed by atoms with Crippen LogP contribution in [0.1, 0.15) is 32.6 Å². The van der Waals surface area contributed by atoms with Gasteiger partial charge in [0.05, 0.1) is 6.42 Å². The molecule has 0 spiro atoms. The van der Waals surface area contributed by atoms with Crippen molar-refractivity contribution in [3.05, 3.63) is 22.4 Å². The van der Waals surface area contributed by atoms with Gasteiger partial charge in [0.25, 0.3) is 0 Å². The molecule has 112 valence electrons. The van der Waals surface area contributed by atoms with E-state index in [4.69, 9.17) is 0 Å². The zero-order valence-corrected chi connectivity index (χ0v) is 13.7. The molecule has 1 fully saturated rings. The second kappa shape index (κ2) is 6.72. The van der Waals surface area contributed by atoms with E-state index in [1.807, 2.05) is 11.4 Å². The summed E-state index contributed by atoms with van der Waals surface area (Å²) in [5.74, 6) is 1.32. The fraction of sp³-hybridized carbons (Fsp3) is 0.688. The van der Waals surface area contributed by atoms with Crippen molar-refractivity contribution in [2.75, 3.05) is 13.1 Å². The highest BCUT2D eigenvalue weighted by molar-refractivity contribution is 7.10. The normalized spacial score (nSPS) is 23.6. The molecule has 2 atom stereocenters. The van der Waals surface area contributed by atoms with Crippen LogP contribution in [0.15, 0.2) is 17.5 Å². The third-order valence-electron chi connectivity index (χ3n) is 4.18. The molecule has 1 aromatic rings. The fourth-order valence-electron chi connectivity index (χ4n) is 2.79. The molecule has 2 heterocycles. The molecular weight excluding hydrogens is 268 g/mol. The molecule has 2 rings (SSSR count). The van der Waals surface area contributed by atoms with Crippen molar-refractivity contribution in [3.8, 4) is 0 Å². The van der Waals surface area contributed by atoms with Gasteiger partial charge in [-0.1, -0.05) is 33.8 Å². The van der Waals surface area contributed by atoms with E-state index in [2.05, 4.69) is 44.0 Å². The van der Waals surface area contributed by atoms with E-state index < -0.39 is 0 Å². The summed E-state index contributed by atoms with van der Waals surface area (Å²) in [5, 5.41) is 5.64. The van der Waals surface area contributed by atoms with Crippen LogP contribution in [0.5, 0.6) is 0 Å². The minimum atomic E-state index is 0.276. The molecule has 0 aromatic carbocycles. The Labute approximate surface area is 126 Å². The van der Waals surface area contributed by atoms with Crippen molar-refractivity contribution < 1.29 is 4.79 Å². The van der Waals surface area contributed by atoms with Gasteiger partial charge in [-0.15, -0.1) is 11.3 Å². The van der Waals surface area contributed by atoms with Crippen molar-refractivity contribution in [1.29, 1.82) is 0 Å². The van der Waals surface area contributed by atoms with Crippen molar-refractivity contribution in [2.45, 2.75) is 46.2 Å². The third-order valence-corrected chi connectivity index (χ3v) is 5.06. The van der Waals surface area contributed by atoms with Crippen molar-refractivity contribution in [1.82, 2.24) is 10.2 Å². The molecule has 4 heteroatoms. The zero-order chi connectivity index (χ0) is 14.7. The first-order valence-electron chi connectivity index (χ1n) is 7.54. The quantitative estimate of drug-likeness (QED) is 0.926. The minimum absolute atomic E-state index is 0.276. The minimum Gasteiger partial charge on any atom is -0.336 e. The second-order valence-electron chi connectivity index (χ2n) is 6.37. The first-order valence-corrected chi connectivity index (χ1v) is 8.42. The summed E-state index contributed by atoms with van der Waals surface area (Å²) in [7, 11) is 0. The van der Waals surface area contributed by atoms with Crippen molar-refractivity contribution in [2.24, 2.45) is 11.8 Å². The van der Waals surface area contributed by atoms with Crippen LogP contribution in [0, 0.1) is 11.8 Å². The van der Waals surface area contributed by atoms with E-state index in [1.165, 1.54) is 0 Å². The Balaban J connectivity index is 2.08. The topological polar surface area (TPSA) is 32.3 Å². The maximum atomic E-state index is 12.7. The van der Waals surface area contributed by atoms with E-state index >= 15 is 0 Å². The molecule has 0 aliphatic carbocycles. The first-order chi connectivity index (χ1) is 9.49. The Kier molecular flexibility index (Phi) is 5.22. The summed E-state index contributed by atoms with van der Waals surface area (Å²) in [4.78, 5) is 15.9. The van der Waals surface area contributed by atoms with E-state index in [0.29, 0.717) is 30.3 Å². The molecule has 1 N–H and O–H groups in total. The van der Waals surface area contributed by atoms with Gasteiger partial charge in [-0.2, -0.15) is 0 Å². The lowest BCUT2D eigenvalue weighted by Crippen LogP contribution is -2.61. The SMILES string of the molecule is CC(C)C1CN(C(=O)Cc2cccs2)C(C(C)C)CN1. The first kappa shape index (κ1) is 15.5. The predicted octanol–water partition coefficient (Wildman–Crippen LogP) is 2.77. The molecule has 1 aromatic heterocycles. The van der Waals surface area contributed by atoms with Crippen LogP contribution in [0.3, 0.4) is 0 Å². The number of carbonyl (C=O) groups is 1. The monoisotopic (exact) mass is 294 g/mol. The predicted molar refractivity (Wildman–Crippen MR) is 85.0 cm³/mol. The molecule has 0 radical (unpaired) electrons. The smallest absolute Gasteiger partial charge is 0.228 e. The number of nitrogens with zero attached hydrogens (tertiary/aromatic N) is 1. The van der Waals surface area contributed by atoms with Crippen LogP contribution < -0.4 is 5.32 Å². The van der Waals surface area contributed by atoms with Crippen molar-refractivity contribution >= 4 is 17.2 Å². The molecule has 1 aliphatic rings. The molecule has 1 amide bonds. The van der Waals surface area contributed by atoms with Crippen LogP contribution in [0.2, 0.25) is 0 Å². The van der Waals surface area contributed by atoms with Crippen LogP contribution >= 0.6 is 11.3 Å². The molecule has 1 saturated heterocycles. The number of amides is 1. The number of hydrogen-bond acceptors (Lipinski definition) is 3. The highest BCUT2D eigenvalue weighted by Crippen LogP contribution is 2.20. The Hall–Kier alpha value is -0.870. The number of nitrogens with one attached hydrogen (secondary N) is 1. The maximum absolute atomic E-state index is 12.7. The van der Waals surface area contributed by atoms with Gasteiger partial charge in [0.2, 0.25) is 5.91 Å². The summed E-state index contributed by atoms with van der Waals surface area (Å²) in [5.41, 5.74) is 0. The number of carbonyl (C=O) groups excluding carboxylic acids is 1. The molecule has 3 nitrogen and oxygen atoms in total. The highest BCUT2D eigenvalue weighted by atomic mass is 32.1. The van der Waals surface area contributed by atoms with Crippen LogP contribution in [0.25, 0.3) is 0 Å². The van der Waals surface area contributed by atoms with E-state index in [9.17, 15) is 4.79 Å². The number of piperazine rings is 1. The molecule has 0 saturated carbocycles. The molecule has 1 aliphatic heterocycles. The standard InChI is InChI=1S/C16H26N2OS/c1-11(2)14-10-18(15(9-17-14)12(3)4)16(19)8-13-6-5-7-20-13/h5-7,11-12,14-15,17H,8-10H2,1-4H3. The lowest BCUT2D eigenvalue weighted by atomic mass is 9.94. The van der Waals surface area contributed by atoms with E-state index in [1.54, 1.807) is 11.3 Å². The summed E-state index contributed by atoms with van der Waals surface area (Å²) in [6, 6.07) is 4.80. The Bertz CT molecular complexity index is 428. The van der Waals surface area contributed by atoms with Crippen LogP contribution in [-0.4, -0.2) is 36.0 Å². The second-order valence-corrected chi connectivity index (χ2v) is 7.40.